The SMILES string of the molecule is CC1CCC(n2c(N)nnc2SCC(=O)O)CC1. The first-order valence-corrected chi connectivity index (χ1v) is 7.11. The Kier molecular flexibility index (Phi) is 4.11. The molecule has 0 radical (unpaired) electrons. The fraction of sp³-hybridized carbons (Fsp3) is 0.727. The van der Waals surface area contributed by atoms with Gasteiger partial charge in [-0.1, -0.05) is 18.7 Å². The van der Waals surface area contributed by atoms with Gasteiger partial charge in [-0.15, -0.1) is 10.2 Å². The largest absolute Gasteiger partial charge is 0.481 e. The predicted octanol–water partition coefficient (Wildman–Crippen LogP) is 1.79. The van der Waals surface area contributed by atoms with Crippen LogP contribution in [0.3, 0.4) is 0 Å². The highest BCUT2D eigenvalue weighted by atomic mass is 32.2. The van der Waals surface area contributed by atoms with Crippen molar-refractivity contribution in [1.82, 2.24) is 14.8 Å². The fourth-order valence-corrected chi connectivity index (χ4v) is 3.09. The van der Waals surface area contributed by atoms with Crippen molar-refractivity contribution >= 4 is 23.7 Å². The Bertz CT molecular complexity index is 427. The summed E-state index contributed by atoms with van der Waals surface area (Å²) < 4.78 is 1.90. The molecule has 0 spiro atoms. The molecule has 1 saturated carbocycles. The van der Waals surface area contributed by atoms with Crippen molar-refractivity contribution in [2.75, 3.05) is 11.5 Å². The van der Waals surface area contributed by atoms with Gasteiger partial charge in [0.2, 0.25) is 5.95 Å². The third kappa shape index (κ3) is 2.95. The van der Waals surface area contributed by atoms with Gasteiger partial charge in [0.25, 0.3) is 0 Å². The van der Waals surface area contributed by atoms with Gasteiger partial charge in [0.1, 0.15) is 0 Å². The Balaban J connectivity index is 2.10. The molecule has 0 unspecified atom stereocenters. The maximum atomic E-state index is 10.6. The number of rotatable bonds is 4. The van der Waals surface area contributed by atoms with Crippen molar-refractivity contribution in [3.63, 3.8) is 0 Å². The van der Waals surface area contributed by atoms with E-state index in [1.54, 1.807) is 0 Å². The van der Waals surface area contributed by atoms with E-state index < -0.39 is 5.97 Å². The van der Waals surface area contributed by atoms with E-state index in [0.717, 1.165) is 18.8 Å². The molecule has 18 heavy (non-hydrogen) atoms. The van der Waals surface area contributed by atoms with Crippen LogP contribution in [0.4, 0.5) is 5.95 Å². The van der Waals surface area contributed by atoms with Crippen LogP contribution in [0.25, 0.3) is 0 Å². The molecule has 0 saturated heterocycles. The van der Waals surface area contributed by atoms with Crippen LogP contribution in [-0.2, 0) is 4.79 Å². The number of aromatic nitrogens is 3. The van der Waals surface area contributed by atoms with Gasteiger partial charge in [-0.05, 0) is 31.6 Å². The Hall–Kier alpha value is -1.24. The molecule has 0 aliphatic heterocycles. The van der Waals surface area contributed by atoms with E-state index in [1.165, 1.54) is 24.6 Å². The Morgan fingerprint density at radius 3 is 2.72 bits per heavy atom. The summed E-state index contributed by atoms with van der Waals surface area (Å²) in [5.41, 5.74) is 5.84. The third-order valence-electron chi connectivity index (χ3n) is 3.37. The first kappa shape index (κ1) is 13.2. The van der Waals surface area contributed by atoms with Gasteiger partial charge in [0.15, 0.2) is 5.16 Å². The summed E-state index contributed by atoms with van der Waals surface area (Å²) in [7, 11) is 0. The summed E-state index contributed by atoms with van der Waals surface area (Å²) in [6.07, 6.45) is 4.46. The summed E-state index contributed by atoms with van der Waals surface area (Å²) in [5, 5.41) is 17.2. The number of nitrogen functional groups attached to an aromatic ring is 1. The monoisotopic (exact) mass is 270 g/mol. The minimum atomic E-state index is -0.856. The molecule has 2 rings (SSSR count). The second-order valence-corrected chi connectivity index (χ2v) is 5.75. The van der Waals surface area contributed by atoms with Gasteiger partial charge in [-0.2, -0.15) is 0 Å². The van der Waals surface area contributed by atoms with Crippen LogP contribution < -0.4 is 5.73 Å². The van der Waals surface area contributed by atoms with Gasteiger partial charge in [0.05, 0.1) is 5.75 Å². The first-order chi connectivity index (χ1) is 8.58. The van der Waals surface area contributed by atoms with Crippen molar-refractivity contribution in [3.8, 4) is 0 Å². The highest BCUT2D eigenvalue weighted by molar-refractivity contribution is 7.99. The fourth-order valence-electron chi connectivity index (χ4n) is 2.36. The molecule has 1 aliphatic carbocycles. The first-order valence-electron chi connectivity index (χ1n) is 6.13. The van der Waals surface area contributed by atoms with Crippen LogP contribution in [-0.4, -0.2) is 31.6 Å². The molecule has 1 fully saturated rings. The summed E-state index contributed by atoms with van der Waals surface area (Å²) in [6.45, 7) is 2.26. The lowest BCUT2D eigenvalue weighted by atomic mass is 9.87. The minimum absolute atomic E-state index is 0.0126. The third-order valence-corrected chi connectivity index (χ3v) is 4.29. The molecule has 1 aromatic rings. The van der Waals surface area contributed by atoms with Crippen molar-refractivity contribution in [3.05, 3.63) is 0 Å². The lowest BCUT2D eigenvalue weighted by Gasteiger charge is -2.28. The second-order valence-electron chi connectivity index (χ2n) is 4.81. The van der Waals surface area contributed by atoms with E-state index in [-0.39, 0.29) is 5.75 Å². The zero-order valence-corrected chi connectivity index (χ0v) is 11.2. The van der Waals surface area contributed by atoms with Crippen LogP contribution in [0.1, 0.15) is 38.6 Å². The smallest absolute Gasteiger partial charge is 0.313 e. The van der Waals surface area contributed by atoms with Crippen LogP contribution in [0, 0.1) is 5.92 Å². The maximum absolute atomic E-state index is 10.6. The van der Waals surface area contributed by atoms with Gasteiger partial charge in [0, 0.05) is 6.04 Å². The summed E-state index contributed by atoms with van der Waals surface area (Å²) in [4.78, 5) is 10.6. The molecule has 0 amide bonds. The molecule has 100 valence electrons. The Morgan fingerprint density at radius 2 is 2.11 bits per heavy atom. The lowest BCUT2D eigenvalue weighted by Crippen LogP contribution is -2.19. The molecule has 0 aromatic carbocycles. The molecule has 0 atom stereocenters. The van der Waals surface area contributed by atoms with Crippen LogP contribution in [0.15, 0.2) is 5.16 Å². The minimum Gasteiger partial charge on any atom is -0.481 e. The van der Waals surface area contributed by atoms with Gasteiger partial charge < -0.3 is 10.8 Å². The second kappa shape index (κ2) is 5.60. The number of aliphatic carboxylic acids is 1. The highest BCUT2D eigenvalue weighted by Gasteiger charge is 2.24. The number of hydrogen-bond donors (Lipinski definition) is 2. The van der Waals surface area contributed by atoms with E-state index in [1.807, 2.05) is 4.57 Å². The van der Waals surface area contributed by atoms with Gasteiger partial charge in [-0.25, -0.2) is 0 Å². The number of carboxylic acids is 1. The Labute approximate surface area is 110 Å². The summed E-state index contributed by atoms with van der Waals surface area (Å²) in [5.74, 6) is 0.281. The number of hydrogen-bond acceptors (Lipinski definition) is 5. The van der Waals surface area contributed by atoms with E-state index in [9.17, 15) is 4.79 Å². The molecule has 1 aliphatic rings. The standard InChI is InChI=1S/C11H18N4O2S/c1-7-2-4-8(5-3-7)15-10(12)13-14-11(15)18-6-9(16)17/h7-8H,2-6H2,1H3,(H2,12,13)(H,16,17). The van der Waals surface area contributed by atoms with E-state index in [2.05, 4.69) is 17.1 Å². The molecule has 1 heterocycles. The molecule has 7 heteroatoms. The zero-order chi connectivity index (χ0) is 13.1. The molecule has 1 aromatic heterocycles. The van der Waals surface area contributed by atoms with Crippen molar-refractivity contribution < 1.29 is 9.90 Å². The van der Waals surface area contributed by atoms with Crippen molar-refractivity contribution in [2.45, 2.75) is 43.8 Å². The number of carbonyl (C=O) groups is 1. The normalized spacial score (nSPS) is 24.1. The molecular formula is C11H18N4O2S. The summed E-state index contributed by atoms with van der Waals surface area (Å²) in [6, 6.07) is 0.312. The van der Waals surface area contributed by atoms with E-state index in [4.69, 9.17) is 10.8 Å². The zero-order valence-electron chi connectivity index (χ0n) is 10.4. The van der Waals surface area contributed by atoms with E-state index in [0.29, 0.717) is 17.1 Å². The van der Waals surface area contributed by atoms with E-state index >= 15 is 0 Å². The maximum Gasteiger partial charge on any atom is 0.313 e. The van der Waals surface area contributed by atoms with Gasteiger partial charge in [-0.3, -0.25) is 9.36 Å². The molecule has 0 bridgehead atoms. The van der Waals surface area contributed by atoms with Crippen LogP contribution in [0.2, 0.25) is 0 Å². The van der Waals surface area contributed by atoms with Crippen LogP contribution in [0.5, 0.6) is 0 Å². The molecule has 3 N–H and O–H groups in total. The van der Waals surface area contributed by atoms with Crippen molar-refractivity contribution in [2.24, 2.45) is 5.92 Å². The number of thioether (sulfide) groups is 1. The number of nitrogens with two attached hydrogens (primary N) is 1. The average molecular weight is 270 g/mol. The number of nitrogens with zero attached hydrogens (tertiary/aromatic N) is 3. The Morgan fingerprint density at radius 1 is 1.44 bits per heavy atom. The quantitative estimate of drug-likeness (QED) is 0.810. The van der Waals surface area contributed by atoms with Gasteiger partial charge >= 0.3 is 5.97 Å². The molecule has 6 nitrogen and oxygen atoms in total. The highest BCUT2D eigenvalue weighted by Crippen LogP contribution is 2.35. The topological polar surface area (TPSA) is 94.0 Å². The average Bonchev–Trinajstić information content (AvgIpc) is 2.69. The van der Waals surface area contributed by atoms with Crippen LogP contribution >= 0.6 is 11.8 Å². The lowest BCUT2D eigenvalue weighted by molar-refractivity contribution is -0.133. The predicted molar refractivity (Wildman–Crippen MR) is 69.5 cm³/mol. The number of carboxylic acid groups (broad SMARTS) is 1. The number of anilines is 1. The summed E-state index contributed by atoms with van der Waals surface area (Å²) >= 11 is 1.18. The van der Waals surface area contributed by atoms with Crippen molar-refractivity contribution in [1.29, 1.82) is 0 Å². The molecular weight excluding hydrogens is 252 g/mol.